The zero-order chi connectivity index (χ0) is 14.2. The lowest BCUT2D eigenvalue weighted by atomic mass is 9.96. The Bertz CT molecular complexity index is 408. The lowest BCUT2D eigenvalue weighted by Gasteiger charge is -2.18. The largest absolute Gasteiger partial charge is 0.396 e. The van der Waals surface area contributed by atoms with E-state index in [4.69, 9.17) is 0 Å². The van der Waals surface area contributed by atoms with Gasteiger partial charge in [-0.1, -0.05) is 30.3 Å². The summed E-state index contributed by atoms with van der Waals surface area (Å²) in [7, 11) is 0. The number of aliphatic hydroxyl groups is 1. The highest BCUT2D eigenvalue weighted by Crippen LogP contribution is 2.18. The van der Waals surface area contributed by atoms with E-state index in [1.807, 2.05) is 30.3 Å². The zero-order valence-electron chi connectivity index (χ0n) is 12.3. The van der Waals surface area contributed by atoms with Crippen LogP contribution in [0, 0.1) is 0 Å². The molecule has 5 heteroatoms. The van der Waals surface area contributed by atoms with Crippen LogP contribution in [0.25, 0.3) is 0 Å². The molecular weight excluding hydrogens is 288 g/mol. The van der Waals surface area contributed by atoms with Crippen LogP contribution in [0.4, 0.5) is 0 Å². The van der Waals surface area contributed by atoms with Crippen LogP contribution >= 0.6 is 12.4 Å². The maximum Gasteiger partial charge on any atom is 0.221 e. The lowest BCUT2D eigenvalue weighted by molar-refractivity contribution is -0.121. The third kappa shape index (κ3) is 6.04. The third-order valence-corrected chi connectivity index (χ3v) is 3.89. The zero-order valence-corrected chi connectivity index (χ0v) is 13.1. The minimum absolute atomic E-state index is 0. The molecule has 0 bridgehead atoms. The maximum atomic E-state index is 11.9. The molecule has 1 aromatic carbocycles. The molecule has 1 aliphatic rings. The number of rotatable bonds is 7. The number of aliphatic hydroxyl groups excluding tert-OH is 1. The highest BCUT2D eigenvalue weighted by Gasteiger charge is 2.18. The number of hydrogen-bond donors (Lipinski definition) is 3. The van der Waals surface area contributed by atoms with Gasteiger partial charge >= 0.3 is 0 Å². The van der Waals surface area contributed by atoms with Crippen molar-refractivity contribution < 1.29 is 9.90 Å². The summed E-state index contributed by atoms with van der Waals surface area (Å²) < 4.78 is 0. The van der Waals surface area contributed by atoms with Crippen molar-refractivity contribution in [3.05, 3.63) is 35.9 Å². The summed E-state index contributed by atoms with van der Waals surface area (Å²) >= 11 is 0. The molecule has 118 valence electrons. The molecule has 2 unspecified atom stereocenters. The van der Waals surface area contributed by atoms with Gasteiger partial charge in [-0.15, -0.1) is 12.4 Å². The van der Waals surface area contributed by atoms with Gasteiger partial charge in [0.1, 0.15) is 0 Å². The average molecular weight is 313 g/mol. The van der Waals surface area contributed by atoms with Crippen LogP contribution in [0.1, 0.15) is 37.2 Å². The van der Waals surface area contributed by atoms with Crippen molar-refractivity contribution in [3.63, 3.8) is 0 Å². The van der Waals surface area contributed by atoms with Gasteiger partial charge in [-0.25, -0.2) is 0 Å². The first kappa shape index (κ1) is 18.0. The summed E-state index contributed by atoms with van der Waals surface area (Å²) in [6, 6.07) is 10.4. The van der Waals surface area contributed by atoms with Crippen molar-refractivity contribution in [2.75, 3.05) is 19.7 Å². The molecule has 1 amide bonds. The molecule has 0 aliphatic carbocycles. The minimum Gasteiger partial charge on any atom is -0.396 e. The van der Waals surface area contributed by atoms with E-state index < -0.39 is 0 Å². The van der Waals surface area contributed by atoms with Gasteiger partial charge in [0.05, 0.1) is 0 Å². The van der Waals surface area contributed by atoms with Crippen molar-refractivity contribution in [1.82, 2.24) is 10.6 Å². The van der Waals surface area contributed by atoms with E-state index in [0.717, 1.165) is 19.4 Å². The molecule has 0 radical (unpaired) electrons. The van der Waals surface area contributed by atoms with Crippen LogP contribution in [0.3, 0.4) is 0 Å². The molecule has 1 fully saturated rings. The van der Waals surface area contributed by atoms with Crippen LogP contribution in [0.5, 0.6) is 0 Å². The second kappa shape index (κ2) is 9.77. The van der Waals surface area contributed by atoms with Gasteiger partial charge in [-0.05, 0) is 31.4 Å². The van der Waals surface area contributed by atoms with Crippen LogP contribution in [0.2, 0.25) is 0 Å². The van der Waals surface area contributed by atoms with Gasteiger partial charge in [-0.2, -0.15) is 0 Å². The van der Waals surface area contributed by atoms with Crippen molar-refractivity contribution >= 4 is 18.3 Å². The average Bonchev–Trinajstić information content (AvgIpc) is 2.97. The fraction of sp³-hybridized carbons (Fsp3) is 0.562. The SMILES string of the molecule is Cl.O=C(CC1CCCN1)NCC(CCO)c1ccccc1. The molecule has 3 N–H and O–H groups in total. The molecule has 2 rings (SSSR count). The van der Waals surface area contributed by atoms with Crippen molar-refractivity contribution in [1.29, 1.82) is 0 Å². The summed E-state index contributed by atoms with van der Waals surface area (Å²) in [6.07, 6.45) is 3.48. The quantitative estimate of drug-likeness (QED) is 0.720. The van der Waals surface area contributed by atoms with E-state index in [2.05, 4.69) is 10.6 Å². The van der Waals surface area contributed by atoms with E-state index >= 15 is 0 Å². The van der Waals surface area contributed by atoms with E-state index in [-0.39, 0.29) is 30.8 Å². The van der Waals surface area contributed by atoms with Gasteiger partial charge in [0, 0.05) is 31.5 Å². The Morgan fingerprint density at radius 2 is 2.14 bits per heavy atom. The predicted molar refractivity (Wildman–Crippen MR) is 86.8 cm³/mol. The molecule has 2 atom stereocenters. The van der Waals surface area contributed by atoms with Crippen LogP contribution in [-0.4, -0.2) is 36.8 Å². The molecule has 1 aliphatic heterocycles. The number of amides is 1. The first-order valence-electron chi connectivity index (χ1n) is 7.45. The Hall–Kier alpha value is -1.10. The first-order chi connectivity index (χ1) is 9.79. The third-order valence-electron chi connectivity index (χ3n) is 3.89. The molecule has 0 saturated carbocycles. The van der Waals surface area contributed by atoms with E-state index in [0.29, 0.717) is 25.4 Å². The summed E-state index contributed by atoms with van der Waals surface area (Å²) in [5.41, 5.74) is 1.17. The van der Waals surface area contributed by atoms with E-state index in [9.17, 15) is 9.90 Å². The van der Waals surface area contributed by atoms with Crippen molar-refractivity contribution in [3.8, 4) is 0 Å². The van der Waals surface area contributed by atoms with E-state index in [1.165, 1.54) is 5.56 Å². The van der Waals surface area contributed by atoms with Gasteiger partial charge in [0.2, 0.25) is 5.91 Å². The maximum absolute atomic E-state index is 11.9. The van der Waals surface area contributed by atoms with Gasteiger partial charge in [0.15, 0.2) is 0 Å². The van der Waals surface area contributed by atoms with Crippen molar-refractivity contribution in [2.24, 2.45) is 0 Å². The van der Waals surface area contributed by atoms with Gasteiger partial charge < -0.3 is 15.7 Å². The minimum atomic E-state index is 0. The second-order valence-electron chi connectivity index (χ2n) is 5.42. The lowest BCUT2D eigenvalue weighted by Crippen LogP contribution is -2.34. The summed E-state index contributed by atoms with van der Waals surface area (Å²) in [5, 5.41) is 15.5. The number of nitrogens with one attached hydrogen (secondary N) is 2. The number of halogens is 1. The fourth-order valence-electron chi connectivity index (χ4n) is 2.73. The molecule has 1 aromatic rings. The Morgan fingerprint density at radius 3 is 2.76 bits per heavy atom. The highest BCUT2D eigenvalue weighted by atomic mass is 35.5. The molecule has 1 saturated heterocycles. The highest BCUT2D eigenvalue weighted by molar-refractivity contribution is 5.85. The summed E-state index contributed by atoms with van der Waals surface area (Å²) in [6.45, 7) is 1.75. The molecule has 21 heavy (non-hydrogen) atoms. The Morgan fingerprint density at radius 1 is 1.38 bits per heavy atom. The normalized spacial score (nSPS) is 18.8. The molecule has 0 aromatic heterocycles. The van der Waals surface area contributed by atoms with Crippen LogP contribution in [-0.2, 0) is 4.79 Å². The van der Waals surface area contributed by atoms with Gasteiger partial charge in [0.25, 0.3) is 0 Å². The van der Waals surface area contributed by atoms with Gasteiger partial charge in [-0.3, -0.25) is 4.79 Å². The smallest absolute Gasteiger partial charge is 0.221 e. The Kier molecular flexibility index (Phi) is 8.35. The molecule has 4 nitrogen and oxygen atoms in total. The van der Waals surface area contributed by atoms with Crippen LogP contribution < -0.4 is 10.6 Å². The number of hydrogen-bond acceptors (Lipinski definition) is 3. The second-order valence-corrected chi connectivity index (χ2v) is 5.42. The Balaban J connectivity index is 0.00000220. The van der Waals surface area contributed by atoms with Crippen LogP contribution in [0.15, 0.2) is 30.3 Å². The number of benzene rings is 1. The number of carbonyl (C=O) groups is 1. The first-order valence-corrected chi connectivity index (χ1v) is 7.45. The molecule has 1 heterocycles. The van der Waals surface area contributed by atoms with E-state index in [1.54, 1.807) is 0 Å². The number of carbonyl (C=O) groups excluding carboxylic acids is 1. The summed E-state index contributed by atoms with van der Waals surface area (Å²) in [5.74, 6) is 0.282. The topological polar surface area (TPSA) is 61.4 Å². The standard InChI is InChI=1S/C16H24N2O2.ClH/c19-10-8-14(13-5-2-1-3-6-13)12-18-16(20)11-15-7-4-9-17-15;/h1-3,5-6,14-15,17,19H,4,7-12H2,(H,18,20);1H. The fourth-order valence-corrected chi connectivity index (χ4v) is 2.73. The molecular formula is C16H25ClN2O2. The Labute approximate surface area is 132 Å². The summed E-state index contributed by atoms with van der Waals surface area (Å²) in [4.78, 5) is 11.9. The monoisotopic (exact) mass is 312 g/mol. The predicted octanol–water partition coefficient (Wildman–Crippen LogP) is 1.83. The molecule has 0 spiro atoms. The van der Waals surface area contributed by atoms with Crippen molar-refractivity contribution in [2.45, 2.75) is 37.6 Å².